The highest BCUT2D eigenvalue weighted by Crippen LogP contribution is 2.53. The van der Waals surface area contributed by atoms with Gasteiger partial charge >= 0.3 is 0 Å². The van der Waals surface area contributed by atoms with Crippen molar-refractivity contribution in [3.05, 3.63) is 193 Å². The minimum Gasteiger partial charge on any atom is -0.228 e. The van der Waals surface area contributed by atoms with Crippen molar-refractivity contribution in [2.45, 2.75) is 19.3 Å². The highest BCUT2D eigenvalue weighted by molar-refractivity contribution is 6.10. The third-order valence-electron chi connectivity index (χ3n) is 11.9. The van der Waals surface area contributed by atoms with Crippen molar-refractivity contribution in [2.75, 3.05) is 0 Å². The predicted octanol–water partition coefficient (Wildman–Crippen LogP) is 14.1. The summed E-state index contributed by atoms with van der Waals surface area (Å²) in [5.74, 6) is 0.719. The van der Waals surface area contributed by atoms with Crippen LogP contribution in [0, 0.1) is 0 Å². The molecular formula is C53H36N2. The van der Waals surface area contributed by atoms with E-state index in [-0.39, 0.29) is 5.41 Å². The first-order valence-electron chi connectivity index (χ1n) is 19.1. The fourth-order valence-corrected chi connectivity index (χ4v) is 9.08. The van der Waals surface area contributed by atoms with Gasteiger partial charge in [-0.25, -0.2) is 9.97 Å². The van der Waals surface area contributed by atoms with Crippen molar-refractivity contribution in [3.63, 3.8) is 0 Å². The Hall–Kier alpha value is -6.90. The standard InChI is InChI=1S/C53H36N2/c1-53(2)47-22-12-21-45(51(47)46-30-35-16-6-7-17-36(35)31-48(46)53)50-32-49(54-52(55-50)34-14-4-3-5-15-34)44-28-27-41(42-19-10-11-20-43(42)44)38-25-26-40-37(29-38)24-23-33-13-8-9-18-39(33)40/h3-32H,1-2H3. The molecule has 258 valence electrons. The molecule has 9 aromatic carbocycles. The Kier molecular flexibility index (Phi) is 6.93. The molecule has 2 heteroatoms. The Balaban J connectivity index is 1.12. The van der Waals surface area contributed by atoms with E-state index in [0.29, 0.717) is 0 Å². The van der Waals surface area contributed by atoms with Crippen molar-refractivity contribution >= 4 is 43.1 Å². The number of fused-ring (bicyclic) bond motifs is 8. The molecule has 11 rings (SSSR count). The van der Waals surface area contributed by atoms with E-state index in [9.17, 15) is 0 Å². The SMILES string of the molecule is CC1(C)c2cc3ccccc3cc2-c2c(-c3cc(-c4ccc(-c5ccc6c(ccc7ccccc76)c5)c5ccccc45)nc(-c4ccccc4)n3)cccc21. The largest absolute Gasteiger partial charge is 0.228 e. The Labute approximate surface area is 320 Å². The van der Waals surface area contributed by atoms with Gasteiger partial charge in [0.15, 0.2) is 5.82 Å². The Morgan fingerprint density at radius 2 is 0.964 bits per heavy atom. The topological polar surface area (TPSA) is 25.8 Å². The van der Waals surface area contributed by atoms with Crippen LogP contribution in [0.1, 0.15) is 25.0 Å². The lowest BCUT2D eigenvalue weighted by Crippen LogP contribution is -2.14. The fourth-order valence-electron chi connectivity index (χ4n) is 9.08. The van der Waals surface area contributed by atoms with Gasteiger partial charge in [-0.15, -0.1) is 0 Å². The van der Waals surface area contributed by atoms with Crippen molar-refractivity contribution in [3.8, 4) is 56.2 Å². The summed E-state index contributed by atoms with van der Waals surface area (Å²) in [7, 11) is 0. The summed E-state index contributed by atoms with van der Waals surface area (Å²) in [6.07, 6.45) is 0. The van der Waals surface area contributed by atoms with Crippen LogP contribution < -0.4 is 0 Å². The van der Waals surface area contributed by atoms with Gasteiger partial charge in [-0.2, -0.15) is 0 Å². The van der Waals surface area contributed by atoms with Gasteiger partial charge in [-0.05, 0) is 101 Å². The van der Waals surface area contributed by atoms with Crippen LogP contribution in [0.2, 0.25) is 0 Å². The van der Waals surface area contributed by atoms with Crippen LogP contribution in [0.15, 0.2) is 182 Å². The first-order chi connectivity index (χ1) is 27.0. The molecule has 0 atom stereocenters. The van der Waals surface area contributed by atoms with Crippen LogP contribution in [0.3, 0.4) is 0 Å². The minimum absolute atomic E-state index is 0.148. The second kappa shape index (κ2) is 12.1. The summed E-state index contributed by atoms with van der Waals surface area (Å²) in [6.45, 7) is 4.70. The molecule has 1 heterocycles. The summed E-state index contributed by atoms with van der Waals surface area (Å²) in [4.78, 5) is 10.7. The van der Waals surface area contributed by atoms with E-state index in [1.54, 1.807) is 0 Å². The Morgan fingerprint density at radius 1 is 0.345 bits per heavy atom. The average Bonchev–Trinajstić information content (AvgIpc) is 3.47. The molecule has 55 heavy (non-hydrogen) atoms. The van der Waals surface area contributed by atoms with Gasteiger partial charge in [-0.1, -0.05) is 172 Å². The maximum absolute atomic E-state index is 5.34. The van der Waals surface area contributed by atoms with Gasteiger partial charge in [0.25, 0.3) is 0 Å². The molecule has 0 fully saturated rings. The number of aromatic nitrogens is 2. The van der Waals surface area contributed by atoms with Gasteiger partial charge in [0.05, 0.1) is 11.4 Å². The van der Waals surface area contributed by atoms with E-state index in [0.717, 1.165) is 33.9 Å². The number of hydrogen-bond acceptors (Lipinski definition) is 2. The molecule has 0 saturated carbocycles. The van der Waals surface area contributed by atoms with Gasteiger partial charge in [-0.3, -0.25) is 0 Å². The highest BCUT2D eigenvalue weighted by Gasteiger charge is 2.37. The third-order valence-corrected chi connectivity index (χ3v) is 11.9. The lowest BCUT2D eigenvalue weighted by Gasteiger charge is -2.22. The zero-order valence-electron chi connectivity index (χ0n) is 30.7. The fraction of sp³-hybridized carbons (Fsp3) is 0.0566. The lowest BCUT2D eigenvalue weighted by atomic mass is 9.81. The van der Waals surface area contributed by atoms with E-state index < -0.39 is 0 Å². The van der Waals surface area contributed by atoms with Crippen LogP contribution in [0.5, 0.6) is 0 Å². The van der Waals surface area contributed by atoms with E-state index in [4.69, 9.17) is 9.97 Å². The summed E-state index contributed by atoms with van der Waals surface area (Å²) in [5, 5.41) is 9.94. The molecule has 1 aromatic heterocycles. The molecule has 0 saturated heterocycles. The summed E-state index contributed by atoms with van der Waals surface area (Å²) in [6, 6.07) is 66.0. The van der Waals surface area contributed by atoms with Crippen molar-refractivity contribution < 1.29 is 0 Å². The predicted molar refractivity (Wildman–Crippen MR) is 231 cm³/mol. The lowest BCUT2D eigenvalue weighted by molar-refractivity contribution is 0.661. The number of hydrogen-bond donors (Lipinski definition) is 0. The smallest absolute Gasteiger partial charge is 0.160 e. The van der Waals surface area contributed by atoms with Crippen LogP contribution >= 0.6 is 0 Å². The third kappa shape index (κ3) is 4.95. The van der Waals surface area contributed by atoms with Crippen LogP contribution in [-0.2, 0) is 5.41 Å². The van der Waals surface area contributed by atoms with Crippen LogP contribution in [0.4, 0.5) is 0 Å². The maximum atomic E-state index is 5.34. The minimum atomic E-state index is -0.148. The van der Waals surface area contributed by atoms with Crippen molar-refractivity contribution in [2.24, 2.45) is 0 Å². The monoisotopic (exact) mass is 700 g/mol. The first kappa shape index (κ1) is 31.6. The van der Waals surface area contributed by atoms with Crippen molar-refractivity contribution in [1.29, 1.82) is 0 Å². The first-order valence-corrected chi connectivity index (χ1v) is 19.1. The van der Waals surface area contributed by atoms with Crippen molar-refractivity contribution in [1.82, 2.24) is 9.97 Å². The van der Waals surface area contributed by atoms with Crippen LogP contribution in [0.25, 0.3) is 99.2 Å². The van der Waals surface area contributed by atoms with Gasteiger partial charge < -0.3 is 0 Å². The Bertz CT molecular complexity index is 3170. The highest BCUT2D eigenvalue weighted by atomic mass is 14.9. The molecule has 0 N–H and O–H groups in total. The van der Waals surface area contributed by atoms with Gasteiger partial charge in [0, 0.05) is 22.1 Å². The summed E-state index contributed by atoms with van der Waals surface area (Å²) < 4.78 is 0. The summed E-state index contributed by atoms with van der Waals surface area (Å²) in [5.41, 5.74) is 12.5. The Morgan fingerprint density at radius 3 is 1.76 bits per heavy atom. The molecular weight excluding hydrogens is 665 g/mol. The second-order valence-electron chi connectivity index (χ2n) is 15.4. The average molecular weight is 701 g/mol. The number of benzene rings is 9. The normalized spacial score (nSPS) is 13.1. The molecule has 0 spiro atoms. The number of nitrogens with zero attached hydrogens (tertiary/aromatic N) is 2. The zero-order valence-corrected chi connectivity index (χ0v) is 30.7. The van der Waals surface area contributed by atoms with E-state index in [1.165, 1.54) is 76.5 Å². The number of rotatable bonds is 4. The molecule has 0 radical (unpaired) electrons. The quantitative estimate of drug-likeness (QED) is 0.171. The van der Waals surface area contributed by atoms with E-state index in [2.05, 4.69) is 190 Å². The maximum Gasteiger partial charge on any atom is 0.160 e. The molecule has 2 nitrogen and oxygen atoms in total. The van der Waals surface area contributed by atoms with Crippen LogP contribution in [-0.4, -0.2) is 9.97 Å². The van der Waals surface area contributed by atoms with E-state index in [1.807, 2.05) is 6.07 Å². The molecule has 0 amide bonds. The second-order valence-corrected chi connectivity index (χ2v) is 15.4. The molecule has 0 unspecified atom stereocenters. The van der Waals surface area contributed by atoms with E-state index >= 15 is 0 Å². The molecule has 1 aliphatic carbocycles. The van der Waals surface area contributed by atoms with Gasteiger partial charge in [0.1, 0.15) is 0 Å². The zero-order chi connectivity index (χ0) is 36.7. The van der Waals surface area contributed by atoms with Gasteiger partial charge in [0.2, 0.25) is 0 Å². The molecule has 0 aliphatic heterocycles. The molecule has 10 aromatic rings. The molecule has 0 bridgehead atoms. The molecule has 1 aliphatic rings. The summed E-state index contributed by atoms with van der Waals surface area (Å²) >= 11 is 0.